The highest BCUT2D eigenvalue weighted by Crippen LogP contribution is 2.18. The summed E-state index contributed by atoms with van der Waals surface area (Å²) in [4.78, 5) is 16.0. The fourth-order valence-corrected chi connectivity index (χ4v) is 1.41. The van der Waals surface area contributed by atoms with Gasteiger partial charge in [0.05, 0.1) is 12.3 Å². The molecule has 0 unspecified atom stereocenters. The zero-order chi connectivity index (χ0) is 14.5. The Morgan fingerprint density at radius 3 is 2.68 bits per heavy atom. The van der Waals surface area contributed by atoms with Crippen molar-refractivity contribution in [2.24, 2.45) is 5.90 Å². The summed E-state index contributed by atoms with van der Waals surface area (Å²) in [5.41, 5.74) is 0.243. The van der Waals surface area contributed by atoms with Gasteiger partial charge in [-0.15, -0.1) is 0 Å². The van der Waals surface area contributed by atoms with Gasteiger partial charge < -0.3 is 9.57 Å². The summed E-state index contributed by atoms with van der Waals surface area (Å²) in [5.74, 6) is 4.41. The van der Waals surface area contributed by atoms with Gasteiger partial charge in [0.1, 0.15) is 11.4 Å². The van der Waals surface area contributed by atoms with Gasteiger partial charge in [-0.05, 0) is 44.9 Å². The van der Waals surface area contributed by atoms with Crippen LogP contribution in [-0.4, -0.2) is 18.3 Å². The summed E-state index contributed by atoms with van der Waals surface area (Å²) in [6.45, 7) is 5.52. The van der Waals surface area contributed by atoms with Crippen molar-refractivity contribution in [3.8, 4) is 0 Å². The monoisotopic (exact) mass is 270 g/mol. The number of hydrogen-bond donors (Lipinski definition) is 2. The fraction of sp³-hybridized carbons (Fsp3) is 0.462. The molecule has 19 heavy (non-hydrogen) atoms. The summed E-state index contributed by atoms with van der Waals surface area (Å²) in [5, 5.41) is 2.38. The molecule has 0 aliphatic heterocycles. The van der Waals surface area contributed by atoms with E-state index in [1.165, 1.54) is 12.1 Å². The molecule has 6 heteroatoms. The van der Waals surface area contributed by atoms with Crippen molar-refractivity contribution in [2.75, 3.05) is 11.9 Å². The average molecular weight is 270 g/mol. The van der Waals surface area contributed by atoms with Gasteiger partial charge in [-0.2, -0.15) is 0 Å². The smallest absolute Gasteiger partial charge is 0.412 e. The molecule has 3 N–H and O–H groups in total. The minimum absolute atomic E-state index is 0.0729. The molecule has 0 bridgehead atoms. The van der Waals surface area contributed by atoms with Crippen LogP contribution < -0.4 is 11.2 Å². The average Bonchev–Trinajstić information content (AvgIpc) is 2.27. The first-order chi connectivity index (χ1) is 8.81. The van der Waals surface area contributed by atoms with E-state index < -0.39 is 17.5 Å². The maximum atomic E-state index is 13.6. The van der Waals surface area contributed by atoms with E-state index in [0.717, 1.165) is 5.56 Å². The van der Waals surface area contributed by atoms with Gasteiger partial charge >= 0.3 is 6.09 Å². The van der Waals surface area contributed by atoms with E-state index in [1.54, 1.807) is 26.8 Å². The van der Waals surface area contributed by atoms with Crippen molar-refractivity contribution in [1.82, 2.24) is 0 Å². The summed E-state index contributed by atoms with van der Waals surface area (Å²) < 4.78 is 18.6. The summed E-state index contributed by atoms with van der Waals surface area (Å²) >= 11 is 0. The van der Waals surface area contributed by atoms with E-state index in [1.807, 2.05) is 0 Å². The SMILES string of the molecule is CC(C)(C)OC(=O)Nc1cc(CCON)ccc1F. The highest BCUT2D eigenvalue weighted by Gasteiger charge is 2.17. The molecule has 1 aromatic carbocycles. The van der Waals surface area contributed by atoms with Gasteiger partial charge in [-0.3, -0.25) is 5.32 Å². The van der Waals surface area contributed by atoms with Crippen LogP contribution in [0.5, 0.6) is 0 Å². The Bertz CT molecular complexity index is 444. The van der Waals surface area contributed by atoms with Crippen molar-refractivity contribution in [3.05, 3.63) is 29.6 Å². The first-order valence-electron chi connectivity index (χ1n) is 5.92. The van der Waals surface area contributed by atoms with Gasteiger partial charge in [0.15, 0.2) is 0 Å². The number of ether oxygens (including phenoxy) is 1. The molecule has 1 amide bonds. The van der Waals surface area contributed by atoms with Crippen LogP contribution in [0.1, 0.15) is 26.3 Å². The molecule has 5 nitrogen and oxygen atoms in total. The number of amides is 1. The Labute approximate surface area is 111 Å². The van der Waals surface area contributed by atoms with Crippen LogP contribution in [-0.2, 0) is 16.0 Å². The fourth-order valence-electron chi connectivity index (χ4n) is 1.41. The largest absolute Gasteiger partial charge is 0.444 e. The number of benzene rings is 1. The molecule has 0 aliphatic carbocycles. The van der Waals surface area contributed by atoms with Gasteiger partial charge in [0, 0.05) is 0 Å². The highest BCUT2D eigenvalue weighted by molar-refractivity contribution is 5.85. The molecule has 0 heterocycles. The second-order valence-corrected chi connectivity index (χ2v) is 5.06. The van der Waals surface area contributed by atoms with Crippen LogP contribution in [0.2, 0.25) is 0 Å². The molecule has 1 rings (SSSR count). The molecule has 1 aromatic rings. The number of halogens is 1. The minimum Gasteiger partial charge on any atom is -0.444 e. The molecule has 0 atom stereocenters. The Kier molecular flexibility index (Phi) is 5.26. The standard InChI is InChI=1S/C13H19FN2O3/c1-13(2,3)19-12(17)16-11-8-9(6-7-18-15)4-5-10(11)14/h4-5,8H,6-7,15H2,1-3H3,(H,16,17). The lowest BCUT2D eigenvalue weighted by molar-refractivity contribution is 0.0635. The number of carbonyl (C=O) groups is 1. The van der Waals surface area contributed by atoms with Gasteiger partial charge in [-0.25, -0.2) is 15.1 Å². The van der Waals surface area contributed by atoms with Crippen LogP contribution in [0.25, 0.3) is 0 Å². The zero-order valence-electron chi connectivity index (χ0n) is 11.3. The third-order valence-electron chi connectivity index (χ3n) is 2.17. The van der Waals surface area contributed by atoms with Crippen molar-refractivity contribution >= 4 is 11.8 Å². The summed E-state index contributed by atoms with van der Waals surface area (Å²) in [6.07, 6.45) is -0.168. The number of nitrogens with one attached hydrogen (secondary N) is 1. The number of nitrogens with two attached hydrogens (primary N) is 1. The molecule has 0 aliphatic rings. The van der Waals surface area contributed by atoms with E-state index in [2.05, 4.69) is 10.2 Å². The van der Waals surface area contributed by atoms with E-state index in [0.29, 0.717) is 13.0 Å². The van der Waals surface area contributed by atoms with Crippen LogP contribution in [0.3, 0.4) is 0 Å². The van der Waals surface area contributed by atoms with E-state index in [4.69, 9.17) is 10.6 Å². The van der Waals surface area contributed by atoms with E-state index in [9.17, 15) is 9.18 Å². The zero-order valence-corrected chi connectivity index (χ0v) is 11.3. The van der Waals surface area contributed by atoms with E-state index in [-0.39, 0.29) is 5.69 Å². The minimum atomic E-state index is -0.696. The van der Waals surface area contributed by atoms with Crippen LogP contribution in [0.15, 0.2) is 18.2 Å². The lowest BCUT2D eigenvalue weighted by Gasteiger charge is -2.20. The molecule has 0 saturated heterocycles. The first kappa shape index (κ1) is 15.4. The van der Waals surface area contributed by atoms with Crippen molar-refractivity contribution in [3.63, 3.8) is 0 Å². The second kappa shape index (κ2) is 6.49. The normalized spacial score (nSPS) is 11.2. The lowest BCUT2D eigenvalue weighted by Crippen LogP contribution is -2.27. The molecular formula is C13H19FN2O3. The predicted molar refractivity (Wildman–Crippen MR) is 70.1 cm³/mol. The molecular weight excluding hydrogens is 251 g/mol. The number of carbonyl (C=O) groups excluding carboxylic acids is 1. The van der Waals surface area contributed by atoms with Gasteiger partial charge in [-0.1, -0.05) is 6.07 Å². The Hall–Kier alpha value is -1.66. The number of rotatable bonds is 4. The Morgan fingerprint density at radius 1 is 1.42 bits per heavy atom. The summed E-state index contributed by atoms with van der Waals surface area (Å²) in [6, 6.07) is 4.41. The molecule has 0 radical (unpaired) electrons. The number of hydrogen-bond acceptors (Lipinski definition) is 4. The lowest BCUT2D eigenvalue weighted by atomic mass is 10.1. The van der Waals surface area contributed by atoms with Crippen LogP contribution in [0.4, 0.5) is 14.9 Å². The van der Waals surface area contributed by atoms with Crippen LogP contribution >= 0.6 is 0 Å². The third-order valence-corrected chi connectivity index (χ3v) is 2.17. The first-order valence-corrected chi connectivity index (χ1v) is 5.92. The molecule has 0 saturated carbocycles. The predicted octanol–water partition coefficient (Wildman–Crippen LogP) is 2.61. The van der Waals surface area contributed by atoms with Crippen LogP contribution in [0, 0.1) is 5.82 Å². The maximum Gasteiger partial charge on any atom is 0.412 e. The van der Waals surface area contributed by atoms with Crippen molar-refractivity contribution < 1.29 is 18.8 Å². The second-order valence-electron chi connectivity index (χ2n) is 5.06. The molecule has 0 fully saturated rings. The topological polar surface area (TPSA) is 73.6 Å². The third kappa shape index (κ3) is 5.67. The molecule has 0 spiro atoms. The Balaban J connectivity index is 2.73. The Morgan fingerprint density at radius 2 is 2.11 bits per heavy atom. The van der Waals surface area contributed by atoms with Crippen molar-refractivity contribution in [2.45, 2.75) is 32.8 Å². The maximum absolute atomic E-state index is 13.6. The quantitative estimate of drug-likeness (QED) is 0.825. The molecule has 0 aromatic heterocycles. The number of anilines is 1. The van der Waals surface area contributed by atoms with E-state index >= 15 is 0 Å². The van der Waals surface area contributed by atoms with Gasteiger partial charge in [0.25, 0.3) is 0 Å². The van der Waals surface area contributed by atoms with Crippen molar-refractivity contribution in [1.29, 1.82) is 0 Å². The summed E-state index contributed by atoms with van der Waals surface area (Å²) in [7, 11) is 0. The highest BCUT2D eigenvalue weighted by atomic mass is 19.1. The molecule has 106 valence electrons. The van der Waals surface area contributed by atoms with Gasteiger partial charge in [0.2, 0.25) is 0 Å².